The molecule has 0 aromatic heterocycles. The van der Waals surface area contributed by atoms with E-state index in [4.69, 9.17) is 0 Å². The summed E-state index contributed by atoms with van der Waals surface area (Å²) in [5.74, 6) is 0. The van der Waals surface area contributed by atoms with E-state index in [1.165, 1.54) is 60.8 Å². The van der Waals surface area contributed by atoms with E-state index in [0.717, 1.165) is 0 Å². The molecule has 2 aromatic carbocycles. The van der Waals surface area contributed by atoms with E-state index in [9.17, 15) is 0 Å². The van der Waals surface area contributed by atoms with Gasteiger partial charge in [0, 0.05) is 0 Å². The van der Waals surface area contributed by atoms with Crippen molar-refractivity contribution in [3.05, 3.63) is 58.7 Å². The fraction of sp³-hybridized carbons (Fsp3) is 0.545. The van der Waals surface area contributed by atoms with Gasteiger partial charge < -0.3 is 24.8 Å². The molecule has 148 valence electrons. The number of hydrogen-bond acceptors (Lipinski definition) is 0. The zero-order valence-electron chi connectivity index (χ0n) is 17.5. The number of hydrogen-bond donors (Lipinski definition) is 0. The van der Waals surface area contributed by atoms with Crippen LogP contribution in [0.2, 0.25) is 13.1 Å². The van der Waals surface area contributed by atoms with Crippen LogP contribution in [0.4, 0.5) is 0 Å². The molecule has 4 heteroatoms. The molecule has 0 spiro atoms. The van der Waals surface area contributed by atoms with Gasteiger partial charge in [0.1, 0.15) is 0 Å². The van der Waals surface area contributed by atoms with Crippen molar-refractivity contribution >= 4 is 5.43 Å². The van der Waals surface area contributed by atoms with Gasteiger partial charge in [0.25, 0.3) is 0 Å². The molecule has 0 aliphatic rings. The second kappa shape index (κ2) is 20.1. The predicted molar refractivity (Wildman–Crippen MR) is 108 cm³/mol. The fourth-order valence-corrected chi connectivity index (χ4v) is 2.33. The molecule has 0 atom stereocenters. The number of halogens is 2. The zero-order valence-corrected chi connectivity index (χ0v) is 22.4. The van der Waals surface area contributed by atoms with Crippen LogP contribution in [0.5, 0.6) is 0 Å². The quantitative estimate of drug-likeness (QED) is 0.417. The zero-order chi connectivity index (χ0) is 18.4. The maximum absolute atomic E-state index is 2.31. The number of rotatable bonds is 6. The van der Waals surface area contributed by atoms with Crippen molar-refractivity contribution in [1.82, 2.24) is 0 Å². The second-order valence-corrected chi connectivity index (χ2v) is 16.2. The van der Waals surface area contributed by atoms with E-state index < -0.39 is 0 Å². The summed E-state index contributed by atoms with van der Waals surface area (Å²) < 4.78 is 0. The first-order valence-corrected chi connectivity index (χ1v) is 15.5. The van der Waals surface area contributed by atoms with Crippen molar-refractivity contribution in [2.24, 2.45) is 0 Å². The Morgan fingerprint density at radius 2 is 1.12 bits per heavy atom. The summed E-state index contributed by atoms with van der Waals surface area (Å²) in [5.41, 5.74) is 6.00. The van der Waals surface area contributed by atoms with Crippen LogP contribution >= 0.6 is 0 Å². The van der Waals surface area contributed by atoms with Crippen molar-refractivity contribution in [3.8, 4) is 0 Å². The van der Waals surface area contributed by atoms with Crippen LogP contribution in [0.15, 0.2) is 36.4 Å². The minimum absolute atomic E-state index is 0. The smallest absolute Gasteiger partial charge is 1.00 e. The van der Waals surface area contributed by atoms with Gasteiger partial charge in [-0.15, -0.1) is 0 Å². The molecule has 0 saturated heterocycles. The predicted octanol–water partition coefficient (Wildman–Crippen LogP) is 0.905. The van der Waals surface area contributed by atoms with Crippen LogP contribution in [0.25, 0.3) is 0 Å². The van der Waals surface area contributed by atoms with Crippen LogP contribution < -0.4 is 24.8 Å². The van der Waals surface area contributed by atoms with Crippen LogP contribution in [0.3, 0.4) is 0 Å². The average Bonchev–Trinajstić information content (AvgIpc) is 3.11. The largest absolute Gasteiger partial charge is 1.00 e. The van der Waals surface area contributed by atoms with Gasteiger partial charge >= 0.3 is 41.9 Å². The minimum Gasteiger partial charge on any atom is -1.00 e. The molecular weight excluding hydrogens is 454 g/mol. The third-order valence-electron chi connectivity index (χ3n) is 3.58. The number of unbranched alkanes of at least 4 members (excludes halogenated alkanes) is 2. The molecule has 0 unspecified atom stereocenters. The van der Waals surface area contributed by atoms with Gasteiger partial charge in [0.05, 0.1) is 0 Å². The minimum atomic E-state index is 0. The first-order valence-electron chi connectivity index (χ1n) is 9.35. The van der Waals surface area contributed by atoms with Crippen LogP contribution in [-0.4, -0.2) is 5.43 Å². The summed E-state index contributed by atoms with van der Waals surface area (Å²) in [6, 6.07) is 13.4. The Balaban J connectivity index is -0.000000319. The van der Waals surface area contributed by atoms with E-state index in [2.05, 4.69) is 77.2 Å². The molecule has 0 saturated carbocycles. The van der Waals surface area contributed by atoms with Gasteiger partial charge in [0.2, 0.25) is 0 Å². The first-order chi connectivity index (χ1) is 11.4. The van der Waals surface area contributed by atoms with Gasteiger partial charge in [-0.2, -0.15) is 46.5 Å². The van der Waals surface area contributed by atoms with Crippen molar-refractivity contribution in [2.45, 2.75) is 79.3 Å². The van der Waals surface area contributed by atoms with E-state index in [-0.39, 0.29) is 30.2 Å². The third-order valence-corrected chi connectivity index (χ3v) is 3.58. The molecule has 2 rings (SSSR count). The standard InChI is InChI=1S/2C10H15.C2H6Si.2ClH.Zr/c2*1-3-4-5-10-7-6-9(2)8-10;1-3-2;;;/h2*6-8H,3-5H2,1-2H3;1-2H3;2*1H;/q2*-1;;;;+2/p-2. The molecule has 0 amide bonds. The maximum Gasteiger partial charge on any atom is -1.00 e. The van der Waals surface area contributed by atoms with Gasteiger partial charge in [-0.1, -0.05) is 66.2 Å². The summed E-state index contributed by atoms with van der Waals surface area (Å²) in [4.78, 5) is 0. The third kappa shape index (κ3) is 19.2. The van der Waals surface area contributed by atoms with E-state index in [1.807, 2.05) is 0 Å². The Labute approximate surface area is 190 Å². The van der Waals surface area contributed by atoms with Crippen LogP contribution in [-0.2, 0) is 36.2 Å². The summed E-state index contributed by atoms with van der Waals surface area (Å²) in [6.07, 6.45) is 7.75. The number of aryl methyl sites for hydroxylation is 4. The molecule has 2 aromatic rings. The van der Waals surface area contributed by atoms with Crippen LogP contribution in [0, 0.1) is 13.8 Å². The summed E-state index contributed by atoms with van der Waals surface area (Å²) >= 11 is 1.74. The summed E-state index contributed by atoms with van der Waals surface area (Å²) in [7, 11) is 0. The van der Waals surface area contributed by atoms with Gasteiger partial charge in [-0.3, -0.25) is 0 Å². The van der Waals surface area contributed by atoms with Gasteiger partial charge in [0.15, 0.2) is 0 Å². The Kier molecular flexibility index (Phi) is 24.1. The topological polar surface area (TPSA) is 0 Å². The van der Waals surface area contributed by atoms with Crippen molar-refractivity contribution in [3.63, 3.8) is 0 Å². The Morgan fingerprint density at radius 3 is 1.31 bits per heavy atom. The molecule has 0 radical (unpaired) electrons. The van der Waals surface area contributed by atoms with Gasteiger partial charge in [-0.25, -0.2) is 12.1 Å². The molecule has 0 aliphatic carbocycles. The normalized spacial score (nSPS) is 8.92. The van der Waals surface area contributed by atoms with Crippen molar-refractivity contribution in [1.29, 1.82) is 0 Å². The SMILES string of the molecule is CCCCc1cc[c-](C)c1.CCCCc1cc[c-](C)c1.C[Si](C)=[Zr+2].[Cl-].[Cl-]. The molecule has 0 fully saturated rings. The van der Waals surface area contributed by atoms with Crippen LogP contribution in [0.1, 0.15) is 61.8 Å². The van der Waals surface area contributed by atoms with Gasteiger partial charge in [-0.05, 0) is 0 Å². The van der Waals surface area contributed by atoms with E-state index in [0.29, 0.717) is 0 Å². The molecule has 0 heterocycles. The molecular formula is C22H36Cl2SiZr-2. The summed E-state index contributed by atoms with van der Waals surface area (Å²) in [5, 5.41) is 0. The first kappa shape index (κ1) is 31.1. The Bertz CT molecular complexity index is 510. The second-order valence-electron chi connectivity index (χ2n) is 6.80. The Morgan fingerprint density at radius 1 is 0.808 bits per heavy atom. The molecule has 0 aliphatic heterocycles. The monoisotopic (exact) mass is 488 g/mol. The molecule has 0 N–H and O–H groups in total. The Hall–Kier alpha value is 0.380. The fourth-order valence-electron chi connectivity index (χ4n) is 2.33. The molecule has 26 heavy (non-hydrogen) atoms. The maximum atomic E-state index is 2.31. The van der Waals surface area contributed by atoms with Crippen molar-refractivity contribution < 1.29 is 48.1 Å². The molecule has 0 nitrogen and oxygen atoms in total. The average molecular weight is 491 g/mol. The molecule has 0 bridgehead atoms. The summed E-state index contributed by atoms with van der Waals surface area (Å²) in [6.45, 7) is 13.4. The van der Waals surface area contributed by atoms with E-state index >= 15 is 0 Å². The van der Waals surface area contributed by atoms with Crippen molar-refractivity contribution in [2.75, 3.05) is 0 Å². The van der Waals surface area contributed by atoms with E-state index in [1.54, 1.807) is 23.3 Å².